The van der Waals surface area contributed by atoms with Gasteiger partial charge in [0.1, 0.15) is 5.69 Å². The first-order valence-corrected chi connectivity index (χ1v) is 9.79. The molecule has 0 bridgehead atoms. The number of H-pyrrole nitrogens is 1. The summed E-state index contributed by atoms with van der Waals surface area (Å²) in [7, 11) is 3.06. The molecule has 156 valence electrons. The van der Waals surface area contributed by atoms with Gasteiger partial charge in [-0.25, -0.2) is 4.98 Å². The van der Waals surface area contributed by atoms with E-state index in [4.69, 9.17) is 4.74 Å². The highest BCUT2D eigenvalue weighted by Crippen LogP contribution is 2.18. The average molecular weight is 408 g/mol. The van der Waals surface area contributed by atoms with Crippen molar-refractivity contribution in [1.29, 1.82) is 0 Å². The number of nitrogens with one attached hydrogen (secondary N) is 2. The molecule has 0 atom stereocenters. The lowest BCUT2D eigenvalue weighted by atomic mass is 10.2. The number of hydrogen-bond acceptors (Lipinski definition) is 7. The van der Waals surface area contributed by atoms with Gasteiger partial charge in [-0.1, -0.05) is 0 Å². The summed E-state index contributed by atoms with van der Waals surface area (Å²) in [5.74, 6) is 0.0758. The minimum atomic E-state index is -0.256. The number of fused-ring (bicyclic) bond motifs is 1. The maximum absolute atomic E-state index is 12.0. The number of ether oxygens (including phenoxy) is 1. The number of anilines is 1. The van der Waals surface area contributed by atoms with E-state index < -0.39 is 0 Å². The Morgan fingerprint density at radius 1 is 1.17 bits per heavy atom. The minimum Gasteiger partial charge on any atom is -0.491 e. The van der Waals surface area contributed by atoms with Crippen molar-refractivity contribution in [2.75, 3.05) is 45.2 Å². The first kappa shape index (κ1) is 19.8. The number of pyridine rings is 3. The molecule has 4 rings (SSSR count). The third kappa shape index (κ3) is 4.11. The summed E-state index contributed by atoms with van der Waals surface area (Å²) < 4.78 is 5.05. The summed E-state index contributed by atoms with van der Waals surface area (Å²) in [4.78, 5) is 39.7. The van der Waals surface area contributed by atoms with Crippen LogP contribution in [0.1, 0.15) is 16.1 Å². The maximum Gasteiger partial charge on any atom is 0.290 e. The SMILES string of the molecule is CNC(=O)c1ccc(N2CCN(Cc3cnc4cc(OC)c(=O)[nH]c4c3)CC2)cn1. The number of carbonyl (C=O) groups is 1. The molecule has 0 aromatic carbocycles. The number of rotatable bonds is 5. The molecule has 0 spiro atoms. The van der Waals surface area contributed by atoms with E-state index in [0.29, 0.717) is 16.7 Å². The van der Waals surface area contributed by atoms with Gasteiger partial charge in [0.15, 0.2) is 5.75 Å². The summed E-state index contributed by atoms with van der Waals surface area (Å²) in [5, 5.41) is 2.58. The molecule has 4 heterocycles. The fraction of sp³-hybridized carbons (Fsp3) is 0.333. The second kappa shape index (κ2) is 8.50. The van der Waals surface area contributed by atoms with Crippen LogP contribution in [0.3, 0.4) is 0 Å². The molecule has 3 aromatic heterocycles. The largest absolute Gasteiger partial charge is 0.491 e. The average Bonchev–Trinajstić information content (AvgIpc) is 2.78. The van der Waals surface area contributed by atoms with Crippen LogP contribution in [0.15, 0.2) is 41.5 Å². The van der Waals surface area contributed by atoms with E-state index in [-0.39, 0.29) is 17.2 Å². The standard InChI is InChI=1S/C21H24N6O3/c1-22-20(28)16-4-3-15(12-24-16)27-7-5-26(6-8-27)13-14-9-18-17(23-11-14)10-19(30-2)21(29)25-18/h3-4,9-12H,5-8,13H2,1-2H3,(H,22,28)(H,25,29). The molecular weight excluding hydrogens is 384 g/mol. The number of aromatic nitrogens is 3. The predicted molar refractivity (Wildman–Crippen MR) is 114 cm³/mol. The lowest BCUT2D eigenvalue weighted by Crippen LogP contribution is -2.46. The van der Waals surface area contributed by atoms with E-state index in [0.717, 1.165) is 44.0 Å². The van der Waals surface area contributed by atoms with Gasteiger partial charge in [-0.15, -0.1) is 0 Å². The van der Waals surface area contributed by atoms with E-state index in [1.54, 1.807) is 25.4 Å². The molecule has 3 aromatic rings. The van der Waals surface area contributed by atoms with Crippen molar-refractivity contribution in [2.45, 2.75) is 6.54 Å². The van der Waals surface area contributed by atoms with Crippen molar-refractivity contribution in [1.82, 2.24) is 25.2 Å². The van der Waals surface area contributed by atoms with E-state index in [9.17, 15) is 9.59 Å². The van der Waals surface area contributed by atoms with Gasteiger partial charge in [0, 0.05) is 52.0 Å². The van der Waals surface area contributed by atoms with Crippen LogP contribution in [0, 0.1) is 0 Å². The lowest BCUT2D eigenvalue weighted by molar-refractivity contribution is 0.0958. The number of methoxy groups -OCH3 is 1. The van der Waals surface area contributed by atoms with Crippen molar-refractivity contribution < 1.29 is 9.53 Å². The third-order valence-corrected chi connectivity index (χ3v) is 5.29. The normalized spacial score (nSPS) is 14.7. The molecule has 1 aliphatic rings. The summed E-state index contributed by atoms with van der Waals surface area (Å²) in [5.41, 5.74) is 3.63. The molecule has 1 fully saturated rings. The molecule has 0 aliphatic carbocycles. The molecule has 0 saturated carbocycles. The Kier molecular flexibility index (Phi) is 5.62. The van der Waals surface area contributed by atoms with E-state index in [1.165, 1.54) is 7.11 Å². The predicted octanol–water partition coefficient (Wildman–Crippen LogP) is 1.01. The first-order valence-electron chi connectivity index (χ1n) is 9.79. The summed E-state index contributed by atoms with van der Waals surface area (Å²) in [6.07, 6.45) is 3.59. The fourth-order valence-electron chi connectivity index (χ4n) is 3.60. The summed E-state index contributed by atoms with van der Waals surface area (Å²) >= 11 is 0. The van der Waals surface area contributed by atoms with Crippen LogP contribution >= 0.6 is 0 Å². The number of carbonyl (C=O) groups excluding carboxylic acids is 1. The lowest BCUT2D eigenvalue weighted by Gasteiger charge is -2.36. The molecule has 1 saturated heterocycles. The van der Waals surface area contributed by atoms with Crippen molar-refractivity contribution >= 4 is 22.6 Å². The van der Waals surface area contributed by atoms with Gasteiger partial charge in [-0.05, 0) is 23.8 Å². The number of amides is 1. The number of nitrogens with zero attached hydrogens (tertiary/aromatic N) is 4. The molecule has 1 amide bonds. The zero-order valence-corrected chi connectivity index (χ0v) is 17.0. The zero-order chi connectivity index (χ0) is 21.1. The molecule has 30 heavy (non-hydrogen) atoms. The van der Waals surface area contributed by atoms with Crippen molar-refractivity contribution in [3.8, 4) is 5.75 Å². The van der Waals surface area contributed by atoms with Gasteiger partial charge in [0.2, 0.25) is 0 Å². The summed E-state index contributed by atoms with van der Waals surface area (Å²) in [6.45, 7) is 4.30. The number of aromatic amines is 1. The molecule has 1 aliphatic heterocycles. The molecule has 0 radical (unpaired) electrons. The van der Waals surface area contributed by atoms with Gasteiger partial charge in [-0.3, -0.25) is 19.5 Å². The first-order chi connectivity index (χ1) is 14.6. The Bertz CT molecular complexity index is 1100. The molecule has 9 heteroatoms. The van der Waals surface area contributed by atoms with Gasteiger partial charge < -0.3 is 19.9 Å². The van der Waals surface area contributed by atoms with E-state index in [2.05, 4.69) is 30.1 Å². The Balaban J connectivity index is 1.38. The molecular formula is C21H24N6O3. The van der Waals surface area contributed by atoms with Gasteiger partial charge in [0.05, 0.1) is 30.0 Å². The highest BCUT2D eigenvalue weighted by Gasteiger charge is 2.18. The monoisotopic (exact) mass is 408 g/mol. The van der Waals surface area contributed by atoms with Crippen LogP contribution < -0.4 is 20.5 Å². The third-order valence-electron chi connectivity index (χ3n) is 5.29. The fourth-order valence-corrected chi connectivity index (χ4v) is 3.60. The smallest absolute Gasteiger partial charge is 0.290 e. The van der Waals surface area contributed by atoms with Gasteiger partial charge in [0.25, 0.3) is 11.5 Å². The zero-order valence-electron chi connectivity index (χ0n) is 17.0. The van der Waals surface area contributed by atoms with Crippen LogP contribution in [0.25, 0.3) is 11.0 Å². The Morgan fingerprint density at radius 3 is 2.63 bits per heavy atom. The van der Waals surface area contributed by atoms with Crippen LogP contribution in [0.5, 0.6) is 5.75 Å². The Morgan fingerprint density at radius 2 is 1.97 bits per heavy atom. The van der Waals surface area contributed by atoms with Gasteiger partial charge >= 0.3 is 0 Å². The summed E-state index contributed by atoms with van der Waals surface area (Å²) in [6, 6.07) is 7.30. The van der Waals surface area contributed by atoms with Crippen molar-refractivity contribution in [3.05, 3.63) is 58.3 Å². The van der Waals surface area contributed by atoms with E-state index >= 15 is 0 Å². The van der Waals surface area contributed by atoms with Crippen LogP contribution in [-0.2, 0) is 6.54 Å². The van der Waals surface area contributed by atoms with Crippen molar-refractivity contribution in [2.24, 2.45) is 0 Å². The topological polar surface area (TPSA) is 103 Å². The van der Waals surface area contributed by atoms with Crippen molar-refractivity contribution in [3.63, 3.8) is 0 Å². The Hall–Kier alpha value is -3.46. The number of piperazine rings is 1. The van der Waals surface area contributed by atoms with Crippen LogP contribution in [-0.4, -0.2) is 66.1 Å². The van der Waals surface area contributed by atoms with Gasteiger partial charge in [-0.2, -0.15) is 0 Å². The van der Waals surface area contributed by atoms with Crippen LogP contribution in [0.2, 0.25) is 0 Å². The molecule has 9 nitrogen and oxygen atoms in total. The second-order valence-corrected chi connectivity index (χ2v) is 7.19. The quantitative estimate of drug-likeness (QED) is 0.649. The number of hydrogen-bond donors (Lipinski definition) is 2. The minimum absolute atomic E-state index is 0.185. The van der Waals surface area contributed by atoms with Crippen LogP contribution in [0.4, 0.5) is 5.69 Å². The highest BCUT2D eigenvalue weighted by atomic mass is 16.5. The molecule has 0 unspecified atom stereocenters. The van der Waals surface area contributed by atoms with E-state index in [1.807, 2.05) is 18.3 Å². The maximum atomic E-state index is 12.0. The molecule has 2 N–H and O–H groups in total. The Labute approximate surface area is 173 Å². The highest BCUT2D eigenvalue weighted by molar-refractivity contribution is 5.92. The second-order valence-electron chi connectivity index (χ2n) is 7.19.